The molecular weight excluding hydrogens is 168 g/mol. The molecule has 0 unspecified atom stereocenters. The van der Waals surface area contributed by atoms with Gasteiger partial charge in [-0.15, -0.1) is 12.4 Å². The molecule has 0 atom stereocenters. The number of hydrogen-bond donors (Lipinski definition) is 2. The van der Waals surface area contributed by atoms with Crippen LogP contribution in [0.25, 0.3) is 0 Å². The van der Waals surface area contributed by atoms with Crippen LogP contribution in [-0.2, 0) is 9.53 Å². The van der Waals surface area contributed by atoms with E-state index in [0.29, 0.717) is 0 Å². The summed E-state index contributed by atoms with van der Waals surface area (Å²) in [6, 6.07) is 0. The number of nitrogens with one attached hydrogen (secondary N) is 2. The first-order valence-electron chi connectivity index (χ1n) is 3.36. The van der Waals surface area contributed by atoms with Gasteiger partial charge >= 0.3 is 0 Å². The van der Waals surface area contributed by atoms with E-state index in [9.17, 15) is 4.79 Å². The fourth-order valence-corrected chi connectivity index (χ4v) is 0.646. The normalized spacial score (nSPS) is 16.5. The highest BCUT2D eigenvalue weighted by Gasteiger charge is 2.17. The Morgan fingerprint density at radius 3 is 2.73 bits per heavy atom. The van der Waals surface area contributed by atoms with Gasteiger partial charge in [0, 0.05) is 20.1 Å². The predicted octanol–water partition coefficient (Wildman–Crippen LogP) is -0.857. The summed E-state index contributed by atoms with van der Waals surface area (Å²) in [6.45, 7) is 1.93. The van der Waals surface area contributed by atoms with Crippen LogP contribution in [0.5, 0.6) is 0 Å². The monoisotopic (exact) mass is 180 g/mol. The lowest BCUT2D eigenvalue weighted by atomic mass is 10.2. The molecule has 0 radical (unpaired) electrons. The van der Waals surface area contributed by atoms with Crippen molar-refractivity contribution in [3.05, 3.63) is 0 Å². The third-order valence-corrected chi connectivity index (χ3v) is 1.47. The van der Waals surface area contributed by atoms with Crippen LogP contribution in [0.2, 0.25) is 0 Å². The number of carbonyl (C=O) groups excluding carboxylic acids is 1. The third kappa shape index (κ3) is 3.55. The Balaban J connectivity index is 0.000001000. The molecule has 1 saturated heterocycles. The highest BCUT2D eigenvalue weighted by molar-refractivity contribution is 5.85. The van der Waals surface area contributed by atoms with Crippen LogP contribution in [0.15, 0.2) is 0 Å². The first kappa shape index (κ1) is 10.7. The van der Waals surface area contributed by atoms with Crippen molar-refractivity contribution in [3.63, 3.8) is 0 Å². The lowest BCUT2D eigenvalue weighted by Gasteiger charge is -2.26. The molecule has 0 aromatic heterocycles. The minimum absolute atomic E-state index is 0. The molecule has 5 heteroatoms. The maximum Gasteiger partial charge on any atom is 0.245 e. The number of halogens is 1. The topological polar surface area (TPSA) is 50.4 Å². The molecule has 1 aliphatic rings. The number of likely N-dealkylation sites (N-methyl/N-ethyl adjacent to an activating group) is 1. The fraction of sp³-hybridized carbons (Fsp3) is 0.833. The fourth-order valence-electron chi connectivity index (χ4n) is 0.646. The Hall–Kier alpha value is -0.320. The summed E-state index contributed by atoms with van der Waals surface area (Å²) in [6.07, 6.45) is 0.247. The van der Waals surface area contributed by atoms with E-state index < -0.39 is 0 Å². The van der Waals surface area contributed by atoms with Gasteiger partial charge in [-0.05, 0) is 0 Å². The minimum Gasteiger partial charge on any atom is -0.366 e. The first-order chi connectivity index (χ1) is 4.83. The van der Waals surface area contributed by atoms with E-state index in [0.717, 1.165) is 13.1 Å². The SMILES string of the molecule is CNC(=O)COC1CNC1.Cl. The molecule has 1 aliphatic heterocycles. The highest BCUT2D eigenvalue weighted by Crippen LogP contribution is 1.96. The molecule has 1 heterocycles. The Labute approximate surface area is 72.1 Å². The van der Waals surface area contributed by atoms with E-state index >= 15 is 0 Å². The maximum atomic E-state index is 10.6. The second kappa shape index (κ2) is 5.35. The zero-order valence-corrected chi connectivity index (χ0v) is 7.24. The molecule has 66 valence electrons. The van der Waals surface area contributed by atoms with Gasteiger partial charge in [-0.25, -0.2) is 0 Å². The summed E-state index contributed by atoms with van der Waals surface area (Å²) < 4.78 is 5.16. The molecule has 1 fully saturated rings. The highest BCUT2D eigenvalue weighted by atomic mass is 35.5. The Morgan fingerprint density at radius 2 is 2.36 bits per heavy atom. The van der Waals surface area contributed by atoms with Gasteiger partial charge in [0.15, 0.2) is 0 Å². The summed E-state index contributed by atoms with van der Waals surface area (Å²) in [5, 5.41) is 5.53. The molecule has 0 saturated carbocycles. The number of rotatable bonds is 3. The number of ether oxygens (including phenoxy) is 1. The van der Waals surface area contributed by atoms with Crippen LogP contribution in [0.3, 0.4) is 0 Å². The van der Waals surface area contributed by atoms with Gasteiger partial charge in [-0.2, -0.15) is 0 Å². The molecule has 0 aliphatic carbocycles. The van der Waals surface area contributed by atoms with Gasteiger partial charge < -0.3 is 15.4 Å². The molecule has 2 N–H and O–H groups in total. The standard InChI is InChI=1S/C6H12N2O2.ClH/c1-7-6(9)4-10-5-2-8-3-5;/h5,8H,2-4H2,1H3,(H,7,9);1H. The van der Waals surface area contributed by atoms with Crippen LogP contribution in [0.1, 0.15) is 0 Å². The van der Waals surface area contributed by atoms with Gasteiger partial charge in [0.1, 0.15) is 6.61 Å². The van der Waals surface area contributed by atoms with Crippen molar-refractivity contribution in [2.75, 3.05) is 26.7 Å². The Kier molecular flexibility index (Phi) is 5.19. The minimum atomic E-state index is -0.0631. The van der Waals surface area contributed by atoms with Crippen molar-refractivity contribution >= 4 is 18.3 Å². The van der Waals surface area contributed by atoms with Gasteiger partial charge in [0.25, 0.3) is 0 Å². The molecule has 0 spiro atoms. The van der Waals surface area contributed by atoms with E-state index in [4.69, 9.17) is 4.74 Å². The van der Waals surface area contributed by atoms with E-state index in [-0.39, 0.29) is 31.0 Å². The summed E-state index contributed by atoms with van der Waals surface area (Å²) in [5.41, 5.74) is 0. The van der Waals surface area contributed by atoms with Gasteiger partial charge in [-0.1, -0.05) is 0 Å². The maximum absolute atomic E-state index is 10.6. The van der Waals surface area contributed by atoms with Crippen molar-refractivity contribution in [1.82, 2.24) is 10.6 Å². The van der Waals surface area contributed by atoms with Crippen LogP contribution < -0.4 is 10.6 Å². The number of hydrogen-bond acceptors (Lipinski definition) is 3. The van der Waals surface area contributed by atoms with E-state index in [1.54, 1.807) is 7.05 Å². The summed E-state index contributed by atoms with van der Waals surface area (Å²) in [4.78, 5) is 10.6. The van der Waals surface area contributed by atoms with E-state index in [1.807, 2.05) is 0 Å². The lowest BCUT2D eigenvalue weighted by Crippen LogP contribution is -2.49. The molecule has 0 aromatic carbocycles. The molecule has 0 bridgehead atoms. The predicted molar refractivity (Wildman–Crippen MR) is 43.9 cm³/mol. The molecule has 0 aromatic rings. The number of carbonyl (C=O) groups is 1. The summed E-state index contributed by atoms with van der Waals surface area (Å²) >= 11 is 0. The average molecular weight is 181 g/mol. The van der Waals surface area contributed by atoms with E-state index in [2.05, 4.69) is 10.6 Å². The van der Waals surface area contributed by atoms with E-state index in [1.165, 1.54) is 0 Å². The van der Waals surface area contributed by atoms with Gasteiger partial charge in [-0.3, -0.25) is 4.79 Å². The second-order valence-electron chi connectivity index (χ2n) is 2.26. The zero-order valence-electron chi connectivity index (χ0n) is 6.42. The number of amides is 1. The van der Waals surface area contributed by atoms with Crippen LogP contribution >= 0.6 is 12.4 Å². The van der Waals surface area contributed by atoms with Gasteiger partial charge in [0.2, 0.25) is 5.91 Å². The lowest BCUT2D eigenvalue weighted by molar-refractivity contribution is -0.128. The average Bonchev–Trinajstić information content (AvgIpc) is 1.84. The van der Waals surface area contributed by atoms with Crippen LogP contribution in [-0.4, -0.2) is 38.8 Å². The zero-order chi connectivity index (χ0) is 7.40. The van der Waals surface area contributed by atoms with Crippen molar-refractivity contribution in [1.29, 1.82) is 0 Å². The molecule has 4 nitrogen and oxygen atoms in total. The van der Waals surface area contributed by atoms with Crippen LogP contribution in [0.4, 0.5) is 0 Å². The second-order valence-corrected chi connectivity index (χ2v) is 2.26. The molecular formula is C6H13ClN2O2. The third-order valence-electron chi connectivity index (χ3n) is 1.47. The summed E-state index contributed by atoms with van der Waals surface area (Å²) in [7, 11) is 1.60. The largest absolute Gasteiger partial charge is 0.366 e. The van der Waals surface area contributed by atoms with Gasteiger partial charge in [0.05, 0.1) is 6.10 Å². The van der Waals surface area contributed by atoms with Crippen molar-refractivity contribution in [2.45, 2.75) is 6.10 Å². The first-order valence-corrected chi connectivity index (χ1v) is 3.36. The Bertz CT molecular complexity index is 128. The molecule has 1 rings (SSSR count). The van der Waals surface area contributed by atoms with Crippen molar-refractivity contribution in [2.24, 2.45) is 0 Å². The van der Waals surface area contributed by atoms with Crippen molar-refractivity contribution in [3.8, 4) is 0 Å². The Morgan fingerprint density at radius 1 is 1.73 bits per heavy atom. The quantitative estimate of drug-likeness (QED) is 0.595. The van der Waals surface area contributed by atoms with Crippen molar-refractivity contribution < 1.29 is 9.53 Å². The smallest absolute Gasteiger partial charge is 0.245 e. The summed E-state index contributed by atoms with van der Waals surface area (Å²) in [5.74, 6) is -0.0631. The molecule has 1 amide bonds. The van der Waals surface area contributed by atoms with Crippen LogP contribution in [0, 0.1) is 0 Å². The molecule has 11 heavy (non-hydrogen) atoms.